The van der Waals surface area contributed by atoms with Gasteiger partial charge in [-0.3, -0.25) is 9.59 Å². The van der Waals surface area contributed by atoms with E-state index in [2.05, 4.69) is 31.2 Å². The highest BCUT2D eigenvalue weighted by atomic mass is 16.2. The van der Waals surface area contributed by atoms with Gasteiger partial charge in [0.1, 0.15) is 12.4 Å². The van der Waals surface area contributed by atoms with Gasteiger partial charge in [-0.15, -0.1) is 0 Å². The Morgan fingerprint density at radius 3 is 2.46 bits per heavy atom. The second kappa shape index (κ2) is 10.4. The fourth-order valence-electron chi connectivity index (χ4n) is 1.99. The van der Waals surface area contributed by atoms with Crippen LogP contribution in [0.5, 0.6) is 0 Å². The van der Waals surface area contributed by atoms with Gasteiger partial charge in [0.15, 0.2) is 5.96 Å². The first-order valence-electron chi connectivity index (χ1n) is 8.75. The van der Waals surface area contributed by atoms with Crippen LogP contribution in [0.3, 0.4) is 0 Å². The number of nitrogens with zero attached hydrogens (tertiary/aromatic N) is 2. The predicted octanol–water partition coefficient (Wildman–Crippen LogP) is 1.19. The van der Waals surface area contributed by atoms with Crippen molar-refractivity contribution in [3.05, 3.63) is 23.9 Å². The van der Waals surface area contributed by atoms with Crippen molar-refractivity contribution in [1.29, 1.82) is 0 Å². The van der Waals surface area contributed by atoms with E-state index >= 15 is 0 Å². The summed E-state index contributed by atoms with van der Waals surface area (Å²) in [6.07, 6.45) is 1.96. The van der Waals surface area contributed by atoms with Crippen LogP contribution in [0.25, 0.3) is 0 Å². The number of carbonyl (C=O) groups excluding carboxylic acids is 2. The van der Waals surface area contributed by atoms with Crippen molar-refractivity contribution in [3.63, 3.8) is 0 Å². The number of aryl methyl sites for hydroxylation is 1. The van der Waals surface area contributed by atoms with Crippen molar-refractivity contribution in [3.8, 4) is 0 Å². The summed E-state index contributed by atoms with van der Waals surface area (Å²) in [7, 11) is 0. The van der Waals surface area contributed by atoms with Crippen molar-refractivity contribution in [2.45, 2.75) is 46.6 Å². The molecule has 1 rings (SSSR count). The Morgan fingerprint density at radius 2 is 1.88 bits per heavy atom. The van der Waals surface area contributed by atoms with Gasteiger partial charge in [-0.2, -0.15) is 0 Å². The molecule has 0 unspecified atom stereocenters. The van der Waals surface area contributed by atoms with Crippen LogP contribution in [0.4, 0.5) is 5.82 Å². The largest absolute Gasteiger partial charge is 0.357 e. The summed E-state index contributed by atoms with van der Waals surface area (Å²) in [6.45, 7) is 10.7. The van der Waals surface area contributed by atoms with E-state index in [-0.39, 0.29) is 30.3 Å². The zero-order valence-electron chi connectivity index (χ0n) is 16.3. The predicted molar refractivity (Wildman–Crippen MR) is 104 cm³/mol. The maximum Gasteiger partial charge on any atom is 0.242 e. The molecule has 0 aromatic carbocycles. The molecule has 1 heterocycles. The normalized spacial score (nSPS) is 11.7. The van der Waals surface area contributed by atoms with Gasteiger partial charge in [0.05, 0.1) is 0 Å². The van der Waals surface area contributed by atoms with Gasteiger partial charge in [-0.1, -0.05) is 6.07 Å². The molecule has 0 aliphatic heterocycles. The van der Waals surface area contributed by atoms with E-state index in [1.165, 1.54) is 0 Å². The van der Waals surface area contributed by atoms with Crippen molar-refractivity contribution >= 4 is 23.6 Å². The molecule has 0 fully saturated rings. The molecule has 0 saturated heterocycles. The van der Waals surface area contributed by atoms with Crippen LogP contribution in [-0.4, -0.2) is 47.9 Å². The van der Waals surface area contributed by atoms with Gasteiger partial charge in [0.2, 0.25) is 11.8 Å². The van der Waals surface area contributed by atoms with E-state index in [0.717, 1.165) is 5.56 Å². The molecule has 0 aliphatic rings. The molecule has 0 saturated carbocycles. The third-order valence-electron chi connectivity index (χ3n) is 3.06. The summed E-state index contributed by atoms with van der Waals surface area (Å²) in [5.74, 6) is 0.728. The zero-order valence-corrected chi connectivity index (χ0v) is 16.3. The number of hydrogen-bond donors (Lipinski definition) is 4. The van der Waals surface area contributed by atoms with Crippen molar-refractivity contribution in [1.82, 2.24) is 20.9 Å². The van der Waals surface area contributed by atoms with Crippen molar-refractivity contribution in [2.75, 3.05) is 25.0 Å². The molecule has 4 N–H and O–H groups in total. The average molecular weight is 362 g/mol. The van der Waals surface area contributed by atoms with E-state index in [1.807, 2.05) is 40.7 Å². The van der Waals surface area contributed by atoms with E-state index in [1.54, 1.807) is 12.3 Å². The molecular formula is C18H30N6O2. The highest BCUT2D eigenvalue weighted by Crippen LogP contribution is 2.03. The molecule has 1 aromatic rings. The average Bonchev–Trinajstić information content (AvgIpc) is 2.53. The third kappa shape index (κ3) is 9.61. The maximum absolute atomic E-state index is 11.9. The molecule has 0 spiro atoms. The standard InChI is InChI=1S/C18H30N6O2/c1-6-19-17(22-12-16(26)24-18(3,4)5)20-10-9-15(25)23-14-8-7-13(2)11-21-14/h7-8,11H,6,9-10,12H2,1-5H3,(H,24,26)(H2,19,20,22)(H,21,23,25). The number of rotatable bonds is 7. The Labute approximate surface area is 155 Å². The van der Waals surface area contributed by atoms with E-state index in [0.29, 0.717) is 24.9 Å². The first-order valence-corrected chi connectivity index (χ1v) is 8.75. The second-order valence-electron chi connectivity index (χ2n) is 6.94. The van der Waals surface area contributed by atoms with E-state index in [9.17, 15) is 9.59 Å². The first-order chi connectivity index (χ1) is 12.2. The molecule has 0 aliphatic carbocycles. The van der Waals surface area contributed by atoms with E-state index in [4.69, 9.17) is 0 Å². The molecule has 0 atom stereocenters. The summed E-state index contributed by atoms with van der Waals surface area (Å²) in [5, 5.41) is 11.7. The molecule has 0 bridgehead atoms. The molecule has 0 radical (unpaired) electrons. The molecular weight excluding hydrogens is 332 g/mol. The Kier molecular flexibility index (Phi) is 8.54. The summed E-state index contributed by atoms with van der Waals surface area (Å²) in [6, 6.07) is 3.65. The molecule has 2 amide bonds. The van der Waals surface area contributed by atoms with Crippen LogP contribution < -0.4 is 21.3 Å². The van der Waals surface area contributed by atoms with Gasteiger partial charge in [0.25, 0.3) is 0 Å². The quantitative estimate of drug-likeness (QED) is 0.430. The molecule has 144 valence electrons. The minimum Gasteiger partial charge on any atom is -0.357 e. The van der Waals surface area contributed by atoms with Crippen LogP contribution in [0.15, 0.2) is 23.3 Å². The fourth-order valence-corrected chi connectivity index (χ4v) is 1.99. The number of aromatic nitrogens is 1. The van der Waals surface area contributed by atoms with Gasteiger partial charge < -0.3 is 21.3 Å². The van der Waals surface area contributed by atoms with E-state index < -0.39 is 0 Å². The topological polar surface area (TPSA) is 108 Å². The molecule has 8 nitrogen and oxygen atoms in total. The van der Waals surface area contributed by atoms with Gasteiger partial charge in [-0.05, 0) is 46.2 Å². The van der Waals surface area contributed by atoms with Crippen molar-refractivity contribution < 1.29 is 9.59 Å². The second-order valence-corrected chi connectivity index (χ2v) is 6.94. The van der Waals surface area contributed by atoms with Crippen LogP contribution >= 0.6 is 0 Å². The Bertz CT molecular complexity index is 620. The Morgan fingerprint density at radius 1 is 1.15 bits per heavy atom. The number of amides is 2. The van der Waals surface area contributed by atoms with Crippen LogP contribution in [0.1, 0.15) is 39.7 Å². The summed E-state index contributed by atoms with van der Waals surface area (Å²) in [4.78, 5) is 32.1. The first kappa shape index (κ1) is 21.4. The minimum absolute atomic E-state index is 0.0199. The van der Waals surface area contributed by atoms with Gasteiger partial charge in [0, 0.05) is 31.2 Å². The minimum atomic E-state index is -0.291. The summed E-state index contributed by atoms with van der Waals surface area (Å²) < 4.78 is 0. The van der Waals surface area contributed by atoms with Crippen LogP contribution in [-0.2, 0) is 9.59 Å². The number of anilines is 1. The number of hydrogen-bond acceptors (Lipinski definition) is 4. The molecule has 1 aromatic heterocycles. The Hall–Kier alpha value is -2.64. The number of aliphatic imine (C=N–C) groups is 1. The highest BCUT2D eigenvalue weighted by molar-refractivity contribution is 5.90. The van der Waals surface area contributed by atoms with Crippen LogP contribution in [0.2, 0.25) is 0 Å². The number of pyridine rings is 1. The van der Waals surface area contributed by atoms with Crippen LogP contribution in [0, 0.1) is 6.92 Å². The number of carbonyl (C=O) groups is 2. The van der Waals surface area contributed by atoms with Crippen molar-refractivity contribution in [2.24, 2.45) is 4.99 Å². The fraction of sp³-hybridized carbons (Fsp3) is 0.556. The highest BCUT2D eigenvalue weighted by Gasteiger charge is 2.13. The monoisotopic (exact) mass is 362 g/mol. The summed E-state index contributed by atoms with van der Waals surface area (Å²) >= 11 is 0. The lowest BCUT2D eigenvalue weighted by Crippen LogP contribution is -2.43. The number of nitrogens with one attached hydrogen (secondary N) is 4. The lowest BCUT2D eigenvalue weighted by molar-refractivity contribution is -0.121. The van der Waals surface area contributed by atoms with Gasteiger partial charge >= 0.3 is 0 Å². The molecule has 8 heteroatoms. The molecule has 26 heavy (non-hydrogen) atoms. The number of guanidine groups is 1. The SMILES string of the molecule is CCNC(=NCC(=O)NC(C)(C)C)NCCC(=O)Nc1ccc(C)cn1. The maximum atomic E-state index is 11.9. The third-order valence-corrected chi connectivity index (χ3v) is 3.06. The Balaban J connectivity index is 2.42. The summed E-state index contributed by atoms with van der Waals surface area (Å²) in [5.41, 5.74) is 0.743. The lowest BCUT2D eigenvalue weighted by Gasteiger charge is -2.20. The smallest absolute Gasteiger partial charge is 0.242 e. The lowest BCUT2D eigenvalue weighted by atomic mass is 10.1. The zero-order chi connectivity index (χ0) is 19.6. The van der Waals surface area contributed by atoms with Gasteiger partial charge in [-0.25, -0.2) is 9.98 Å².